The second-order valence-corrected chi connectivity index (χ2v) is 4.74. The molecule has 0 aliphatic heterocycles. The van der Waals surface area contributed by atoms with Crippen LogP contribution in [-0.2, 0) is 11.2 Å². The second kappa shape index (κ2) is 5.71. The van der Waals surface area contributed by atoms with E-state index in [-0.39, 0.29) is 11.4 Å². The molecule has 0 spiro atoms. The van der Waals surface area contributed by atoms with Crippen molar-refractivity contribution in [1.29, 1.82) is 0 Å². The average molecular weight is 234 g/mol. The van der Waals surface area contributed by atoms with E-state index in [1.807, 2.05) is 24.3 Å². The second-order valence-electron chi connectivity index (χ2n) is 4.74. The van der Waals surface area contributed by atoms with Gasteiger partial charge in [0.25, 0.3) is 0 Å². The van der Waals surface area contributed by atoms with Crippen molar-refractivity contribution in [3.8, 4) is 0 Å². The molecular weight excluding hydrogens is 212 g/mol. The van der Waals surface area contributed by atoms with E-state index in [0.717, 1.165) is 18.4 Å². The summed E-state index contributed by atoms with van der Waals surface area (Å²) in [6, 6.07) is 7.46. The molecule has 0 aromatic heterocycles. The van der Waals surface area contributed by atoms with Gasteiger partial charge in [0.1, 0.15) is 0 Å². The van der Waals surface area contributed by atoms with Gasteiger partial charge in [-0.1, -0.05) is 26.0 Å². The Balaban J connectivity index is 2.61. The first-order chi connectivity index (χ1) is 7.99. The van der Waals surface area contributed by atoms with Crippen LogP contribution in [0.1, 0.15) is 39.2 Å². The average Bonchev–Trinajstić information content (AvgIpc) is 2.28. The number of hydrogen-bond donors (Lipinski definition) is 2. The summed E-state index contributed by atoms with van der Waals surface area (Å²) in [5.41, 5.74) is 7.24. The highest BCUT2D eigenvalue weighted by molar-refractivity contribution is 5.79. The molecule has 0 aliphatic carbocycles. The van der Waals surface area contributed by atoms with E-state index in [0.29, 0.717) is 12.1 Å². The molecule has 1 amide bonds. The van der Waals surface area contributed by atoms with Gasteiger partial charge in [-0.2, -0.15) is 0 Å². The summed E-state index contributed by atoms with van der Waals surface area (Å²) in [5.74, 6) is 0.0572. The van der Waals surface area contributed by atoms with Gasteiger partial charge >= 0.3 is 0 Å². The Morgan fingerprint density at radius 1 is 1.35 bits per heavy atom. The van der Waals surface area contributed by atoms with Crippen LogP contribution in [0.3, 0.4) is 0 Å². The Bertz CT molecular complexity index is 384. The summed E-state index contributed by atoms with van der Waals surface area (Å²) in [7, 11) is 0. The number of anilines is 1. The topological polar surface area (TPSA) is 55.1 Å². The zero-order valence-corrected chi connectivity index (χ0v) is 10.9. The Hall–Kier alpha value is -1.51. The Kier molecular flexibility index (Phi) is 4.55. The van der Waals surface area contributed by atoms with Crippen molar-refractivity contribution < 1.29 is 4.79 Å². The first kappa shape index (κ1) is 13.6. The Morgan fingerprint density at radius 2 is 2.00 bits per heavy atom. The molecular formula is C14H22N2O. The molecule has 3 N–H and O–H groups in total. The van der Waals surface area contributed by atoms with Crippen LogP contribution >= 0.6 is 0 Å². The number of nitrogen functional groups attached to an aromatic ring is 1. The van der Waals surface area contributed by atoms with Crippen molar-refractivity contribution in [1.82, 2.24) is 5.32 Å². The molecule has 1 aromatic rings. The minimum Gasteiger partial charge on any atom is -0.399 e. The third-order valence-corrected chi connectivity index (χ3v) is 3.32. The molecule has 0 saturated heterocycles. The molecule has 3 nitrogen and oxygen atoms in total. The van der Waals surface area contributed by atoms with Gasteiger partial charge in [-0.15, -0.1) is 0 Å². The summed E-state index contributed by atoms with van der Waals surface area (Å²) < 4.78 is 0. The molecule has 1 aromatic carbocycles. The minimum absolute atomic E-state index is 0.0572. The molecule has 0 fully saturated rings. The van der Waals surface area contributed by atoms with Gasteiger partial charge in [-0.25, -0.2) is 0 Å². The highest BCUT2D eigenvalue weighted by atomic mass is 16.1. The molecule has 94 valence electrons. The maximum absolute atomic E-state index is 11.9. The largest absolute Gasteiger partial charge is 0.399 e. The lowest BCUT2D eigenvalue weighted by atomic mass is 9.95. The van der Waals surface area contributed by atoms with Crippen molar-refractivity contribution in [3.05, 3.63) is 29.8 Å². The van der Waals surface area contributed by atoms with Gasteiger partial charge in [0.05, 0.1) is 6.42 Å². The van der Waals surface area contributed by atoms with Crippen molar-refractivity contribution in [3.63, 3.8) is 0 Å². The van der Waals surface area contributed by atoms with Crippen LogP contribution in [0.25, 0.3) is 0 Å². The number of benzene rings is 1. The summed E-state index contributed by atoms with van der Waals surface area (Å²) >= 11 is 0. The van der Waals surface area contributed by atoms with Gasteiger partial charge in [0.15, 0.2) is 0 Å². The van der Waals surface area contributed by atoms with E-state index >= 15 is 0 Å². The molecule has 0 saturated carbocycles. The Labute approximate surface area is 103 Å². The molecule has 0 unspecified atom stereocenters. The van der Waals surface area contributed by atoms with E-state index in [2.05, 4.69) is 26.1 Å². The number of carbonyl (C=O) groups is 1. The third-order valence-electron chi connectivity index (χ3n) is 3.32. The van der Waals surface area contributed by atoms with Gasteiger partial charge in [0, 0.05) is 11.2 Å². The van der Waals surface area contributed by atoms with Gasteiger partial charge in [0.2, 0.25) is 5.91 Å². The lowest BCUT2D eigenvalue weighted by Crippen LogP contribution is -2.45. The first-order valence-electron chi connectivity index (χ1n) is 6.14. The lowest BCUT2D eigenvalue weighted by molar-refractivity contribution is -0.122. The predicted octanol–water partition coefficient (Wildman–Crippen LogP) is 2.51. The molecule has 3 heteroatoms. The van der Waals surface area contributed by atoms with E-state index in [1.165, 1.54) is 0 Å². The quantitative estimate of drug-likeness (QED) is 0.769. The number of rotatable bonds is 5. The van der Waals surface area contributed by atoms with Crippen molar-refractivity contribution in [2.45, 2.75) is 45.6 Å². The maximum Gasteiger partial charge on any atom is 0.224 e. The summed E-state index contributed by atoms with van der Waals surface area (Å²) in [6.45, 7) is 6.25. The van der Waals surface area contributed by atoms with Gasteiger partial charge < -0.3 is 11.1 Å². The fourth-order valence-corrected chi connectivity index (χ4v) is 1.70. The SMILES string of the molecule is CCC(C)(CC)NC(=O)Cc1cccc(N)c1. The van der Waals surface area contributed by atoms with Gasteiger partial charge in [-0.3, -0.25) is 4.79 Å². The summed E-state index contributed by atoms with van der Waals surface area (Å²) in [6.07, 6.45) is 2.26. The van der Waals surface area contributed by atoms with E-state index in [9.17, 15) is 4.79 Å². The van der Waals surface area contributed by atoms with E-state index in [4.69, 9.17) is 5.73 Å². The van der Waals surface area contributed by atoms with E-state index in [1.54, 1.807) is 0 Å². The molecule has 0 radical (unpaired) electrons. The smallest absolute Gasteiger partial charge is 0.224 e. The monoisotopic (exact) mass is 234 g/mol. The number of carbonyl (C=O) groups excluding carboxylic acids is 1. The molecule has 17 heavy (non-hydrogen) atoms. The van der Waals surface area contributed by atoms with Crippen LogP contribution in [0.5, 0.6) is 0 Å². The zero-order valence-electron chi connectivity index (χ0n) is 10.9. The standard InChI is InChI=1S/C14H22N2O/c1-4-14(3,5-2)16-13(17)10-11-7-6-8-12(15)9-11/h6-9H,4-5,10,15H2,1-3H3,(H,16,17). The van der Waals surface area contributed by atoms with Crippen molar-refractivity contribution in [2.75, 3.05) is 5.73 Å². The molecule has 0 aliphatic rings. The molecule has 0 heterocycles. The van der Waals surface area contributed by atoms with Crippen molar-refractivity contribution in [2.24, 2.45) is 0 Å². The summed E-state index contributed by atoms with van der Waals surface area (Å²) in [5, 5.41) is 3.08. The first-order valence-corrected chi connectivity index (χ1v) is 6.14. The van der Waals surface area contributed by atoms with Crippen LogP contribution in [0, 0.1) is 0 Å². The van der Waals surface area contributed by atoms with E-state index < -0.39 is 0 Å². The van der Waals surface area contributed by atoms with Crippen LogP contribution in [0.4, 0.5) is 5.69 Å². The highest BCUT2D eigenvalue weighted by Gasteiger charge is 2.21. The van der Waals surface area contributed by atoms with Crippen LogP contribution in [0.15, 0.2) is 24.3 Å². The lowest BCUT2D eigenvalue weighted by Gasteiger charge is -2.28. The minimum atomic E-state index is -0.0998. The normalized spacial score (nSPS) is 11.2. The number of nitrogens with two attached hydrogens (primary N) is 1. The predicted molar refractivity (Wildman–Crippen MR) is 71.7 cm³/mol. The molecule has 1 rings (SSSR count). The van der Waals surface area contributed by atoms with Crippen LogP contribution < -0.4 is 11.1 Å². The molecule has 0 bridgehead atoms. The van der Waals surface area contributed by atoms with Crippen LogP contribution in [-0.4, -0.2) is 11.4 Å². The summed E-state index contributed by atoms with van der Waals surface area (Å²) in [4.78, 5) is 11.9. The fraction of sp³-hybridized carbons (Fsp3) is 0.500. The van der Waals surface area contributed by atoms with Crippen LogP contribution in [0.2, 0.25) is 0 Å². The number of amides is 1. The van der Waals surface area contributed by atoms with Crippen molar-refractivity contribution >= 4 is 11.6 Å². The Morgan fingerprint density at radius 3 is 2.53 bits per heavy atom. The highest BCUT2D eigenvalue weighted by Crippen LogP contribution is 2.14. The van der Waals surface area contributed by atoms with Gasteiger partial charge in [-0.05, 0) is 37.5 Å². The zero-order chi connectivity index (χ0) is 12.9. The molecule has 0 atom stereocenters. The number of hydrogen-bond acceptors (Lipinski definition) is 2. The third kappa shape index (κ3) is 4.10. The fourth-order valence-electron chi connectivity index (χ4n) is 1.70. The number of nitrogens with one attached hydrogen (secondary N) is 1. The maximum atomic E-state index is 11.9.